The molecule has 0 atom stereocenters. The fraction of sp³-hybridized carbons (Fsp3) is 0.625. The molecule has 21 heavy (non-hydrogen) atoms. The quantitative estimate of drug-likeness (QED) is 0.738. The van der Waals surface area contributed by atoms with Gasteiger partial charge in [0.2, 0.25) is 0 Å². The number of rotatable bonds is 8. The van der Waals surface area contributed by atoms with Crippen LogP contribution in [0.4, 0.5) is 13.2 Å². The lowest BCUT2D eigenvalue weighted by Crippen LogP contribution is -2.38. The Morgan fingerprint density at radius 3 is 2.29 bits per heavy atom. The normalized spacial score (nSPS) is 12.4. The van der Waals surface area contributed by atoms with E-state index in [2.05, 4.69) is 5.32 Å². The van der Waals surface area contributed by atoms with Gasteiger partial charge in [0.1, 0.15) is 0 Å². The summed E-state index contributed by atoms with van der Waals surface area (Å²) in [5.74, 6) is 0. The van der Waals surface area contributed by atoms with Crippen LogP contribution < -0.4 is 5.32 Å². The van der Waals surface area contributed by atoms with Crippen molar-refractivity contribution >= 4 is 0 Å². The van der Waals surface area contributed by atoms with Crippen LogP contribution in [0.5, 0.6) is 0 Å². The molecule has 1 rings (SSSR count). The summed E-state index contributed by atoms with van der Waals surface area (Å²) < 4.78 is 38.0. The van der Waals surface area contributed by atoms with Crippen molar-refractivity contribution in [1.82, 2.24) is 10.2 Å². The van der Waals surface area contributed by atoms with Crippen LogP contribution in [0.3, 0.4) is 0 Å². The Labute approximate surface area is 125 Å². The summed E-state index contributed by atoms with van der Waals surface area (Å²) in [6, 6.07) is 7.60. The van der Waals surface area contributed by atoms with E-state index in [1.54, 1.807) is 13.8 Å². The predicted octanol–water partition coefficient (Wildman–Crippen LogP) is 3.61. The van der Waals surface area contributed by atoms with Crippen LogP contribution in [0.2, 0.25) is 0 Å². The van der Waals surface area contributed by atoms with Gasteiger partial charge in [-0.2, -0.15) is 13.2 Å². The molecule has 0 heterocycles. The highest BCUT2D eigenvalue weighted by Crippen LogP contribution is 2.21. The lowest BCUT2D eigenvalue weighted by molar-refractivity contribution is -0.150. The molecule has 0 saturated heterocycles. The second kappa shape index (κ2) is 8.39. The number of alkyl halides is 3. The van der Waals surface area contributed by atoms with E-state index < -0.39 is 12.7 Å². The topological polar surface area (TPSA) is 15.3 Å². The zero-order valence-electron chi connectivity index (χ0n) is 13.0. The number of hydrogen-bond donors (Lipinski definition) is 1. The largest absolute Gasteiger partial charge is 0.401 e. The van der Waals surface area contributed by atoms with E-state index in [-0.39, 0.29) is 6.04 Å². The minimum absolute atomic E-state index is 0.145. The highest BCUT2D eigenvalue weighted by Gasteiger charge is 2.31. The molecular formula is C16H25F3N2. The van der Waals surface area contributed by atoms with Gasteiger partial charge in [0.15, 0.2) is 0 Å². The van der Waals surface area contributed by atoms with Crippen LogP contribution in [0.1, 0.15) is 31.9 Å². The third-order valence-corrected chi connectivity index (χ3v) is 3.43. The second-order valence-corrected chi connectivity index (χ2v) is 5.49. The summed E-state index contributed by atoms with van der Waals surface area (Å²) in [7, 11) is 0. The van der Waals surface area contributed by atoms with Crippen molar-refractivity contribution in [2.45, 2.75) is 46.0 Å². The van der Waals surface area contributed by atoms with Gasteiger partial charge in [-0.25, -0.2) is 0 Å². The minimum Gasteiger partial charge on any atom is -0.317 e. The zero-order valence-corrected chi connectivity index (χ0v) is 13.0. The Balaban J connectivity index is 2.78. The summed E-state index contributed by atoms with van der Waals surface area (Å²) in [6.07, 6.45) is -3.33. The van der Waals surface area contributed by atoms with Gasteiger partial charge in [-0.05, 0) is 44.5 Å². The average Bonchev–Trinajstić information content (AvgIpc) is 2.38. The number of likely N-dealkylation sites (N-methyl/N-ethyl adjacent to an activating group) is 1. The van der Waals surface area contributed by atoms with E-state index in [9.17, 15) is 13.2 Å². The van der Waals surface area contributed by atoms with Crippen LogP contribution >= 0.6 is 0 Å². The molecule has 0 aromatic heterocycles. The van der Waals surface area contributed by atoms with Gasteiger partial charge in [-0.3, -0.25) is 4.90 Å². The SMILES string of the molecule is CCNCCc1ccccc1CN(CC(F)(F)F)C(C)C. The summed E-state index contributed by atoms with van der Waals surface area (Å²) >= 11 is 0. The Kier molecular flexibility index (Phi) is 7.18. The van der Waals surface area contributed by atoms with E-state index >= 15 is 0 Å². The van der Waals surface area contributed by atoms with Crippen LogP contribution in [-0.2, 0) is 13.0 Å². The van der Waals surface area contributed by atoms with Crippen molar-refractivity contribution in [3.8, 4) is 0 Å². The van der Waals surface area contributed by atoms with Crippen LogP contribution in [0.25, 0.3) is 0 Å². The number of hydrogen-bond acceptors (Lipinski definition) is 2. The standard InChI is InChI=1S/C16H25F3N2/c1-4-20-10-9-14-7-5-6-8-15(14)11-21(13(2)3)12-16(17,18)19/h5-8,13,20H,4,9-12H2,1-3H3. The van der Waals surface area contributed by atoms with Gasteiger partial charge >= 0.3 is 6.18 Å². The molecular weight excluding hydrogens is 277 g/mol. The van der Waals surface area contributed by atoms with Gasteiger partial charge in [-0.15, -0.1) is 0 Å². The van der Waals surface area contributed by atoms with Crippen LogP contribution in [-0.4, -0.2) is 36.8 Å². The van der Waals surface area contributed by atoms with E-state index in [0.29, 0.717) is 6.54 Å². The minimum atomic E-state index is -4.16. The Morgan fingerprint density at radius 2 is 1.76 bits per heavy atom. The molecule has 1 aromatic carbocycles. The maximum absolute atomic E-state index is 12.7. The van der Waals surface area contributed by atoms with Crippen molar-refractivity contribution in [1.29, 1.82) is 0 Å². The van der Waals surface area contributed by atoms with Crippen molar-refractivity contribution in [2.75, 3.05) is 19.6 Å². The molecule has 5 heteroatoms. The van der Waals surface area contributed by atoms with Gasteiger partial charge in [0, 0.05) is 12.6 Å². The molecule has 0 bridgehead atoms. The first-order valence-corrected chi connectivity index (χ1v) is 7.41. The molecule has 1 aromatic rings. The third-order valence-electron chi connectivity index (χ3n) is 3.43. The molecule has 1 N–H and O–H groups in total. The molecule has 0 aliphatic heterocycles. The first kappa shape index (κ1) is 18.0. The molecule has 0 fully saturated rings. The highest BCUT2D eigenvalue weighted by molar-refractivity contribution is 5.27. The number of nitrogens with zero attached hydrogens (tertiary/aromatic N) is 1. The fourth-order valence-corrected chi connectivity index (χ4v) is 2.23. The van der Waals surface area contributed by atoms with Gasteiger partial charge in [0.05, 0.1) is 6.54 Å². The zero-order chi connectivity index (χ0) is 15.9. The highest BCUT2D eigenvalue weighted by atomic mass is 19.4. The van der Waals surface area contributed by atoms with Crippen molar-refractivity contribution in [3.63, 3.8) is 0 Å². The molecule has 0 amide bonds. The molecule has 2 nitrogen and oxygen atoms in total. The van der Waals surface area contributed by atoms with E-state index in [1.807, 2.05) is 31.2 Å². The van der Waals surface area contributed by atoms with Gasteiger partial charge in [-0.1, -0.05) is 31.2 Å². The smallest absolute Gasteiger partial charge is 0.317 e. The second-order valence-electron chi connectivity index (χ2n) is 5.49. The lowest BCUT2D eigenvalue weighted by Gasteiger charge is -2.28. The maximum atomic E-state index is 12.7. The lowest BCUT2D eigenvalue weighted by atomic mass is 10.0. The molecule has 0 saturated carbocycles. The average molecular weight is 302 g/mol. The molecule has 0 radical (unpaired) electrons. The third kappa shape index (κ3) is 6.96. The van der Waals surface area contributed by atoms with Crippen molar-refractivity contribution < 1.29 is 13.2 Å². The Morgan fingerprint density at radius 1 is 1.14 bits per heavy atom. The number of halogens is 3. The first-order chi connectivity index (χ1) is 9.83. The van der Waals surface area contributed by atoms with Crippen molar-refractivity contribution in [2.24, 2.45) is 0 Å². The summed E-state index contributed by atoms with van der Waals surface area (Å²) in [6.45, 7) is 6.84. The van der Waals surface area contributed by atoms with Crippen molar-refractivity contribution in [3.05, 3.63) is 35.4 Å². The summed E-state index contributed by atoms with van der Waals surface area (Å²) in [4.78, 5) is 1.46. The maximum Gasteiger partial charge on any atom is 0.401 e. The monoisotopic (exact) mass is 302 g/mol. The van der Waals surface area contributed by atoms with E-state index in [4.69, 9.17) is 0 Å². The number of benzene rings is 1. The number of nitrogens with one attached hydrogen (secondary N) is 1. The van der Waals surface area contributed by atoms with Crippen LogP contribution in [0, 0.1) is 0 Å². The Hall–Kier alpha value is -1.07. The van der Waals surface area contributed by atoms with Crippen LogP contribution in [0.15, 0.2) is 24.3 Å². The Bertz CT molecular complexity index is 416. The molecule has 120 valence electrons. The molecule has 0 aliphatic rings. The van der Waals surface area contributed by atoms with E-state index in [0.717, 1.165) is 30.6 Å². The molecule has 0 aliphatic carbocycles. The first-order valence-electron chi connectivity index (χ1n) is 7.41. The fourth-order valence-electron chi connectivity index (χ4n) is 2.23. The molecule has 0 spiro atoms. The summed E-state index contributed by atoms with van der Waals surface area (Å²) in [5.41, 5.74) is 2.10. The molecule has 0 unspecified atom stereocenters. The van der Waals surface area contributed by atoms with Gasteiger partial charge < -0.3 is 5.32 Å². The van der Waals surface area contributed by atoms with Gasteiger partial charge in [0.25, 0.3) is 0 Å². The van der Waals surface area contributed by atoms with E-state index in [1.165, 1.54) is 4.90 Å². The predicted molar refractivity (Wildman–Crippen MR) is 80.3 cm³/mol. The summed E-state index contributed by atoms with van der Waals surface area (Å²) in [5, 5.41) is 3.24.